The molecule has 2 heterocycles. The molecule has 0 saturated heterocycles. The third kappa shape index (κ3) is 6.66. The molecule has 4 rings (SSSR count). The molecule has 186 valence electrons. The normalized spacial score (nSPS) is 11.0. The number of nitrogens with zero attached hydrogens (tertiary/aromatic N) is 3. The van der Waals surface area contributed by atoms with Gasteiger partial charge in [-0.1, -0.05) is 61.2 Å². The van der Waals surface area contributed by atoms with Crippen LogP contribution in [0.25, 0.3) is 17.0 Å². The number of allylic oxidation sites excluding steroid dienone is 3. The molecule has 2 N–H and O–H groups in total. The molecule has 0 aliphatic heterocycles. The zero-order valence-corrected chi connectivity index (χ0v) is 21.9. The molecule has 0 fully saturated rings. The average Bonchev–Trinajstić information content (AvgIpc) is 3.42. The molecule has 0 unspecified atom stereocenters. The van der Waals surface area contributed by atoms with E-state index >= 15 is 0 Å². The van der Waals surface area contributed by atoms with Crippen molar-refractivity contribution in [3.8, 4) is 5.75 Å². The Hall–Kier alpha value is -4.25. The molecule has 0 saturated carbocycles. The molecule has 36 heavy (non-hydrogen) atoms. The van der Waals surface area contributed by atoms with Gasteiger partial charge in [-0.05, 0) is 74.2 Å². The summed E-state index contributed by atoms with van der Waals surface area (Å²) < 4.78 is 3.93. The van der Waals surface area contributed by atoms with Gasteiger partial charge in [-0.3, -0.25) is 0 Å². The van der Waals surface area contributed by atoms with Gasteiger partial charge in [0.2, 0.25) is 0 Å². The van der Waals surface area contributed by atoms with Gasteiger partial charge in [-0.2, -0.15) is 5.10 Å². The van der Waals surface area contributed by atoms with E-state index < -0.39 is 0 Å². The Morgan fingerprint density at radius 1 is 1.03 bits per heavy atom. The van der Waals surface area contributed by atoms with Gasteiger partial charge in [0.15, 0.2) is 0 Å². The summed E-state index contributed by atoms with van der Waals surface area (Å²) in [6.07, 6.45) is 5.79. The molecule has 0 atom stereocenters. The molecule has 0 aliphatic rings. The maximum Gasteiger partial charge on any atom is 0.128 e. The van der Waals surface area contributed by atoms with Gasteiger partial charge in [0.1, 0.15) is 11.6 Å². The molecule has 5 nitrogen and oxygen atoms in total. The highest BCUT2D eigenvalue weighted by Crippen LogP contribution is 2.26. The van der Waals surface area contributed by atoms with Crippen molar-refractivity contribution in [1.29, 1.82) is 0 Å². The third-order valence-electron chi connectivity index (χ3n) is 5.98. The van der Waals surface area contributed by atoms with Gasteiger partial charge in [0.05, 0.1) is 6.20 Å². The van der Waals surface area contributed by atoms with Crippen molar-refractivity contribution in [3.05, 3.63) is 126 Å². The maximum absolute atomic E-state index is 10.1. The highest BCUT2D eigenvalue weighted by Gasteiger charge is 2.10. The fourth-order valence-corrected chi connectivity index (χ4v) is 3.83. The fourth-order valence-electron chi connectivity index (χ4n) is 3.83. The molecular weight excluding hydrogens is 444 g/mol. The molecule has 4 aromatic rings. The Labute approximate surface area is 214 Å². The van der Waals surface area contributed by atoms with E-state index in [4.69, 9.17) is 0 Å². The van der Waals surface area contributed by atoms with E-state index in [9.17, 15) is 5.11 Å². The zero-order chi connectivity index (χ0) is 26.2. The van der Waals surface area contributed by atoms with E-state index in [1.54, 1.807) is 12.1 Å². The van der Waals surface area contributed by atoms with Gasteiger partial charge in [0, 0.05) is 36.7 Å². The molecule has 5 heteroatoms. The van der Waals surface area contributed by atoms with Crippen LogP contribution < -0.4 is 5.32 Å². The molecular formula is C31H36N4O. The lowest BCUT2D eigenvalue weighted by atomic mass is 10.1. The Bertz CT molecular complexity index is 1390. The van der Waals surface area contributed by atoms with E-state index in [1.807, 2.05) is 69.2 Å². The summed E-state index contributed by atoms with van der Waals surface area (Å²) in [7, 11) is 2.02. The number of hydrogen-bond donors (Lipinski definition) is 2. The fraction of sp³-hybridized carbons (Fsp3) is 0.194. The minimum Gasteiger partial charge on any atom is -0.507 e. The Morgan fingerprint density at radius 3 is 2.33 bits per heavy atom. The summed E-state index contributed by atoms with van der Waals surface area (Å²) in [4.78, 5) is 0. The topological polar surface area (TPSA) is 55.0 Å². The highest BCUT2D eigenvalue weighted by molar-refractivity contribution is 5.80. The monoisotopic (exact) mass is 480 g/mol. The third-order valence-corrected chi connectivity index (χ3v) is 5.98. The lowest BCUT2D eigenvalue weighted by Crippen LogP contribution is -2.19. The summed E-state index contributed by atoms with van der Waals surface area (Å²) in [5.74, 6) is 1.03. The Kier molecular flexibility index (Phi) is 8.74. The van der Waals surface area contributed by atoms with Crippen molar-refractivity contribution < 1.29 is 5.11 Å². The summed E-state index contributed by atoms with van der Waals surface area (Å²) in [5.41, 5.74) is 8.33. The van der Waals surface area contributed by atoms with Crippen LogP contribution in [0.15, 0.2) is 92.3 Å². The van der Waals surface area contributed by atoms with Crippen molar-refractivity contribution >= 4 is 17.0 Å². The van der Waals surface area contributed by atoms with Crippen molar-refractivity contribution in [3.63, 3.8) is 0 Å². The smallest absolute Gasteiger partial charge is 0.128 e. The van der Waals surface area contributed by atoms with Gasteiger partial charge in [-0.15, -0.1) is 0 Å². The first kappa shape index (κ1) is 26.4. The number of para-hydroxylation sites is 1. The van der Waals surface area contributed by atoms with Crippen molar-refractivity contribution in [1.82, 2.24) is 19.7 Å². The Morgan fingerprint density at radius 2 is 1.78 bits per heavy atom. The summed E-state index contributed by atoms with van der Waals surface area (Å²) in [6.45, 7) is 16.8. The standard InChI is InChI=1S/C23H25N3O.C8H11N/c1-16-8-7-9-20(12-16)15-24-23(26-19(4)18(3)14-25-26)13-17(2)21-10-5-6-11-22(21)27;1-7(2)8-5-4-6-9(8)3/h5-14,24,27H,2,15H2,1,3-4H3;4-6H,1H2,2-3H3/b23-13-;. The summed E-state index contributed by atoms with van der Waals surface area (Å²) >= 11 is 0. The first-order valence-corrected chi connectivity index (χ1v) is 11.9. The van der Waals surface area contributed by atoms with E-state index in [-0.39, 0.29) is 5.75 Å². The van der Waals surface area contributed by atoms with E-state index in [2.05, 4.69) is 65.4 Å². The van der Waals surface area contributed by atoms with Crippen LogP contribution in [-0.2, 0) is 13.6 Å². The van der Waals surface area contributed by atoms with Gasteiger partial charge >= 0.3 is 0 Å². The van der Waals surface area contributed by atoms with Crippen LogP contribution in [-0.4, -0.2) is 19.5 Å². The van der Waals surface area contributed by atoms with E-state index in [1.165, 1.54) is 16.8 Å². The predicted molar refractivity (Wildman–Crippen MR) is 151 cm³/mol. The van der Waals surface area contributed by atoms with E-state index in [0.29, 0.717) is 17.7 Å². The lowest BCUT2D eigenvalue weighted by Gasteiger charge is -2.15. The number of rotatable bonds is 7. The van der Waals surface area contributed by atoms with Crippen LogP contribution >= 0.6 is 0 Å². The van der Waals surface area contributed by atoms with Crippen LogP contribution in [0, 0.1) is 20.8 Å². The molecule has 0 aliphatic carbocycles. The second kappa shape index (κ2) is 11.9. The van der Waals surface area contributed by atoms with Crippen LogP contribution in [0.1, 0.15) is 40.6 Å². The van der Waals surface area contributed by atoms with E-state index in [0.717, 1.165) is 22.7 Å². The first-order chi connectivity index (χ1) is 17.2. The number of phenols is 1. The zero-order valence-electron chi connectivity index (χ0n) is 21.9. The van der Waals surface area contributed by atoms with Crippen LogP contribution in [0.3, 0.4) is 0 Å². The minimum absolute atomic E-state index is 0.213. The number of benzene rings is 2. The van der Waals surface area contributed by atoms with Crippen LogP contribution in [0.2, 0.25) is 0 Å². The van der Waals surface area contributed by atoms with Crippen LogP contribution in [0.5, 0.6) is 5.75 Å². The van der Waals surface area contributed by atoms with Gasteiger partial charge in [0.25, 0.3) is 0 Å². The summed E-state index contributed by atoms with van der Waals surface area (Å²) in [6, 6.07) is 19.7. The molecule has 0 amide bonds. The SMILES string of the molecule is C=C(/C=C(/NCc1cccc(C)c1)n1ncc(C)c1C)c1ccccc1O.C=C(C)c1cccn1C. The molecule has 0 bridgehead atoms. The average molecular weight is 481 g/mol. The molecule has 2 aromatic heterocycles. The van der Waals surface area contributed by atoms with Gasteiger partial charge in [-0.25, -0.2) is 4.68 Å². The largest absolute Gasteiger partial charge is 0.507 e. The summed E-state index contributed by atoms with van der Waals surface area (Å²) in [5, 5.41) is 18.1. The molecule has 0 spiro atoms. The molecule has 0 radical (unpaired) electrons. The maximum atomic E-state index is 10.1. The molecule has 2 aromatic carbocycles. The first-order valence-electron chi connectivity index (χ1n) is 11.9. The lowest BCUT2D eigenvalue weighted by molar-refractivity contribution is 0.474. The second-order valence-electron chi connectivity index (χ2n) is 9.02. The predicted octanol–water partition coefficient (Wildman–Crippen LogP) is 6.87. The number of hydrogen-bond acceptors (Lipinski definition) is 3. The quantitative estimate of drug-likeness (QED) is 0.284. The van der Waals surface area contributed by atoms with Crippen LogP contribution in [0.4, 0.5) is 0 Å². The number of phenolic OH excluding ortho intramolecular Hbond substituents is 1. The van der Waals surface area contributed by atoms with Gasteiger partial charge < -0.3 is 15.0 Å². The minimum atomic E-state index is 0.213. The van der Waals surface area contributed by atoms with Crippen molar-refractivity contribution in [2.75, 3.05) is 0 Å². The number of aryl methyl sites for hydroxylation is 3. The second-order valence-corrected chi connectivity index (χ2v) is 9.02. The van der Waals surface area contributed by atoms with Crippen molar-refractivity contribution in [2.45, 2.75) is 34.2 Å². The van der Waals surface area contributed by atoms with Crippen molar-refractivity contribution in [2.24, 2.45) is 7.05 Å². The number of nitrogens with one attached hydrogen (secondary N) is 1. The highest BCUT2D eigenvalue weighted by atomic mass is 16.3. The number of aromatic hydroxyl groups is 1. The Balaban J connectivity index is 0.000000338. The number of aromatic nitrogens is 3.